The van der Waals surface area contributed by atoms with E-state index in [1.807, 2.05) is 6.07 Å². The fraction of sp³-hybridized carbons (Fsp3) is 0.462. The molecule has 1 aromatic rings. The number of fused-ring (bicyclic) bond motifs is 1. The number of aryl methyl sites for hydroxylation is 1. The predicted octanol–water partition coefficient (Wildman–Crippen LogP) is 2.28. The fourth-order valence-corrected chi connectivity index (χ4v) is 2.87. The second-order valence-electron chi connectivity index (χ2n) is 4.29. The maximum atomic E-state index is 11.3. The van der Waals surface area contributed by atoms with E-state index < -0.39 is 0 Å². The molecule has 0 aromatic heterocycles. The molecule has 0 atom stereocenters. The van der Waals surface area contributed by atoms with Gasteiger partial charge in [0.2, 0.25) is 5.91 Å². The Labute approximate surface area is 111 Å². The zero-order valence-electron chi connectivity index (χ0n) is 10.5. The number of thioether (sulfide) groups is 1. The summed E-state index contributed by atoms with van der Waals surface area (Å²) in [6, 6.07) is 3.96. The number of hydrogen-bond donors (Lipinski definition) is 2. The molecule has 1 amide bonds. The number of nitrogen functional groups attached to an aromatic ring is 1. The molecule has 0 bridgehead atoms. The Hall–Kier alpha value is -1.20. The summed E-state index contributed by atoms with van der Waals surface area (Å²) in [7, 11) is 1.71. The second-order valence-corrected chi connectivity index (χ2v) is 5.43. The van der Waals surface area contributed by atoms with Crippen molar-refractivity contribution in [3.8, 4) is 0 Å². The van der Waals surface area contributed by atoms with Crippen molar-refractivity contribution in [2.24, 2.45) is 0 Å². The van der Waals surface area contributed by atoms with Crippen molar-refractivity contribution in [1.29, 1.82) is 0 Å². The highest BCUT2D eigenvalue weighted by Crippen LogP contribution is 2.33. The molecule has 98 valence electrons. The monoisotopic (exact) mass is 266 g/mol. The molecule has 4 nitrogen and oxygen atoms in total. The topological polar surface area (TPSA) is 64.3 Å². The Morgan fingerprint density at radius 3 is 3.06 bits per heavy atom. The standard InChI is InChI=1S/C13H18N2O2S/c1-17-5-2-6-18-12-7-9-3-4-13(16)15-11(9)8-10(12)14/h7-8H,2-6,14H2,1H3,(H,15,16). The van der Waals surface area contributed by atoms with Gasteiger partial charge in [-0.25, -0.2) is 0 Å². The summed E-state index contributed by atoms with van der Waals surface area (Å²) in [5.41, 5.74) is 8.78. The van der Waals surface area contributed by atoms with Gasteiger partial charge in [-0.1, -0.05) is 0 Å². The Morgan fingerprint density at radius 2 is 2.28 bits per heavy atom. The molecule has 0 saturated heterocycles. The number of carbonyl (C=O) groups excluding carboxylic acids is 1. The Bertz CT molecular complexity index is 449. The summed E-state index contributed by atoms with van der Waals surface area (Å²) in [4.78, 5) is 12.4. The van der Waals surface area contributed by atoms with E-state index in [9.17, 15) is 4.79 Å². The number of anilines is 2. The number of methoxy groups -OCH3 is 1. The first-order valence-corrected chi connectivity index (χ1v) is 7.03. The van der Waals surface area contributed by atoms with E-state index in [0.717, 1.165) is 41.5 Å². The highest BCUT2D eigenvalue weighted by Gasteiger charge is 2.16. The molecule has 0 unspecified atom stereocenters. The molecule has 5 heteroatoms. The number of nitrogens with two attached hydrogens (primary N) is 1. The Morgan fingerprint density at radius 1 is 1.44 bits per heavy atom. The van der Waals surface area contributed by atoms with E-state index in [1.54, 1.807) is 18.9 Å². The molecule has 0 saturated carbocycles. The van der Waals surface area contributed by atoms with Crippen LogP contribution in [0.5, 0.6) is 0 Å². The van der Waals surface area contributed by atoms with E-state index in [2.05, 4.69) is 11.4 Å². The van der Waals surface area contributed by atoms with Crippen LogP contribution in [0.2, 0.25) is 0 Å². The van der Waals surface area contributed by atoms with Crippen molar-refractivity contribution < 1.29 is 9.53 Å². The minimum Gasteiger partial charge on any atom is -0.398 e. The maximum Gasteiger partial charge on any atom is 0.224 e. The molecule has 0 spiro atoms. The summed E-state index contributed by atoms with van der Waals surface area (Å²) < 4.78 is 5.02. The van der Waals surface area contributed by atoms with Gasteiger partial charge in [-0.2, -0.15) is 0 Å². The lowest BCUT2D eigenvalue weighted by atomic mass is 10.0. The molecule has 0 aliphatic carbocycles. The Balaban J connectivity index is 2.05. The molecular formula is C13H18N2O2S. The van der Waals surface area contributed by atoms with Crippen LogP contribution in [0.4, 0.5) is 11.4 Å². The van der Waals surface area contributed by atoms with Crippen LogP contribution in [0.3, 0.4) is 0 Å². The largest absolute Gasteiger partial charge is 0.398 e. The van der Waals surface area contributed by atoms with Crippen LogP contribution >= 0.6 is 11.8 Å². The maximum absolute atomic E-state index is 11.3. The zero-order chi connectivity index (χ0) is 13.0. The van der Waals surface area contributed by atoms with Crippen LogP contribution in [0.15, 0.2) is 17.0 Å². The Kier molecular flexibility index (Phi) is 4.49. The minimum atomic E-state index is 0.0717. The molecule has 1 aromatic carbocycles. The van der Waals surface area contributed by atoms with E-state index >= 15 is 0 Å². The lowest BCUT2D eigenvalue weighted by Gasteiger charge is -2.19. The van der Waals surface area contributed by atoms with Crippen molar-refractivity contribution in [3.63, 3.8) is 0 Å². The van der Waals surface area contributed by atoms with Gasteiger partial charge in [0, 0.05) is 42.2 Å². The van der Waals surface area contributed by atoms with Crippen LogP contribution in [-0.4, -0.2) is 25.4 Å². The molecule has 1 aliphatic heterocycles. The fourth-order valence-electron chi connectivity index (χ4n) is 1.93. The van der Waals surface area contributed by atoms with Gasteiger partial charge in [-0.3, -0.25) is 4.79 Å². The van der Waals surface area contributed by atoms with E-state index in [0.29, 0.717) is 6.42 Å². The van der Waals surface area contributed by atoms with Crippen LogP contribution in [0.25, 0.3) is 0 Å². The van der Waals surface area contributed by atoms with Crippen LogP contribution < -0.4 is 11.1 Å². The van der Waals surface area contributed by atoms with Gasteiger partial charge in [0.15, 0.2) is 0 Å². The number of ether oxygens (including phenoxy) is 1. The SMILES string of the molecule is COCCCSc1cc2c(cc1N)NC(=O)CC2. The lowest BCUT2D eigenvalue weighted by Crippen LogP contribution is -2.19. The quantitative estimate of drug-likeness (QED) is 0.487. The number of hydrogen-bond acceptors (Lipinski definition) is 4. The number of benzene rings is 1. The van der Waals surface area contributed by atoms with Gasteiger partial charge in [0.05, 0.1) is 0 Å². The number of amides is 1. The van der Waals surface area contributed by atoms with E-state index in [-0.39, 0.29) is 5.91 Å². The zero-order valence-corrected chi connectivity index (χ0v) is 11.3. The van der Waals surface area contributed by atoms with Gasteiger partial charge in [0.25, 0.3) is 0 Å². The van der Waals surface area contributed by atoms with Gasteiger partial charge >= 0.3 is 0 Å². The predicted molar refractivity (Wildman–Crippen MR) is 75.0 cm³/mol. The first-order chi connectivity index (χ1) is 8.70. The van der Waals surface area contributed by atoms with E-state index in [1.165, 1.54) is 5.56 Å². The van der Waals surface area contributed by atoms with Gasteiger partial charge in [-0.15, -0.1) is 11.8 Å². The number of nitrogens with one attached hydrogen (secondary N) is 1. The van der Waals surface area contributed by atoms with Crippen molar-refractivity contribution in [1.82, 2.24) is 0 Å². The van der Waals surface area contributed by atoms with Crippen molar-refractivity contribution in [2.75, 3.05) is 30.5 Å². The van der Waals surface area contributed by atoms with Crippen LogP contribution in [0.1, 0.15) is 18.4 Å². The molecular weight excluding hydrogens is 248 g/mol. The molecule has 1 aliphatic rings. The number of carbonyl (C=O) groups is 1. The van der Waals surface area contributed by atoms with Crippen molar-refractivity contribution in [2.45, 2.75) is 24.2 Å². The lowest BCUT2D eigenvalue weighted by molar-refractivity contribution is -0.116. The summed E-state index contributed by atoms with van der Waals surface area (Å²) >= 11 is 1.74. The van der Waals surface area contributed by atoms with Crippen LogP contribution in [-0.2, 0) is 16.0 Å². The highest BCUT2D eigenvalue weighted by atomic mass is 32.2. The third kappa shape index (κ3) is 3.17. The third-order valence-corrected chi connectivity index (χ3v) is 4.04. The molecule has 0 fully saturated rings. The number of rotatable bonds is 5. The minimum absolute atomic E-state index is 0.0717. The molecule has 2 rings (SSSR count). The summed E-state index contributed by atoms with van der Waals surface area (Å²) in [6.45, 7) is 0.772. The van der Waals surface area contributed by atoms with Crippen LogP contribution in [0, 0.1) is 0 Å². The first kappa shape index (κ1) is 13.2. The van der Waals surface area contributed by atoms with Gasteiger partial charge in [0.1, 0.15) is 0 Å². The average molecular weight is 266 g/mol. The summed E-state index contributed by atoms with van der Waals surface area (Å²) in [5.74, 6) is 1.06. The average Bonchev–Trinajstić information content (AvgIpc) is 2.35. The van der Waals surface area contributed by atoms with Gasteiger partial charge in [-0.05, 0) is 30.5 Å². The summed E-state index contributed by atoms with van der Waals surface area (Å²) in [6.07, 6.45) is 2.37. The molecule has 18 heavy (non-hydrogen) atoms. The highest BCUT2D eigenvalue weighted by molar-refractivity contribution is 7.99. The summed E-state index contributed by atoms with van der Waals surface area (Å²) in [5, 5.41) is 2.86. The molecule has 1 heterocycles. The molecule has 3 N–H and O–H groups in total. The van der Waals surface area contributed by atoms with Crippen molar-refractivity contribution >= 4 is 29.0 Å². The van der Waals surface area contributed by atoms with E-state index in [4.69, 9.17) is 10.5 Å². The first-order valence-electron chi connectivity index (χ1n) is 6.04. The normalized spacial score (nSPS) is 14.2. The molecule has 0 radical (unpaired) electrons. The van der Waals surface area contributed by atoms with Crippen molar-refractivity contribution in [3.05, 3.63) is 17.7 Å². The van der Waals surface area contributed by atoms with Gasteiger partial charge < -0.3 is 15.8 Å². The smallest absolute Gasteiger partial charge is 0.224 e. The second kappa shape index (κ2) is 6.11. The third-order valence-electron chi connectivity index (χ3n) is 2.88.